The number of halogens is 2. The summed E-state index contributed by atoms with van der Waals surface area (Å²) in [6.07, 6.45) is 0. The first kappa shape index (κ1) is 17.0. The molecule has 0 saturated carbocycles. The van der Waals surface area contributed by atoms with Crippen molar-refractivity contribution < 1.29 is 0 Å². The van der Waals surface area contributed by atoms with E-state index in [0.29, 0.717) is 0 Å². The van der Waals surface area contributed by atoms with Crippen LogP contribution in [0.3, 0.4) is 0 Å². The summed E-state index contributed by atoms with van der Waals surface area (Å²) in [5.41, 5.74) is 2.62. The van der Waals surface area contributed by atoms with Gasteiger partial charge < -0.3 is 0 Å². The van der Waals surface area contributed by atoms with Crippen molar-refractivity contribution in [2.24, 2.45) is 0 Å². The molecule has 4 aromatic carbocycles. The van der Waals surface area contributed by atoms with Crippen LogP contribution in [0.25, 0.3) is 11.1 Å². The van der Waals surface area contributed by atoms with Gasteiger partial charge in [0, 0.05) is 9.50 Å². The van der Waals surface area contributed by atoms with Crippen molar-refractivity contribution in [1.29, 1.82) is 0 Å². The highest BCUT2D eigenvalue weighted by molar-refractivity contribution is 9.10. The molecule has 0 amide bonds. The van der Waals surface area contributed by atoms with E-state index in [-0.39, 0.29) is 0 Å². The third-order valence-corrected chi connectivity index (χ3v) is 11.1. The third-order valence-electron chi connectivity index (χ3n) is 5.48. The lowest BCUT2D eigenvalue weighted by Gasteiger charge is -2.31. The molecular weight excluding hydrogens is 432 g/mol. The predicted molar refractivity (Wildman–Crippen MR) is 122 cm³/mol. The molecule has 0 aromatic heterocycles. The van der Waals surface area contributed by atoms with Crippen LogP contribution in [0.1, 0.15) is 0 Å². The second kappa shape index (κ2) is 6.49. The van der Waals surface area contributed by atoms with Crippen LogP contribution in [-0.2, 0) is 0 Å². The van der Waals surface area contributed by atoms with Gasteiger partial charge in [-0.15, -0.1) is 0 Å². The fourth-order valence-electron chi connectivity index (χ4n) is 4.44. The Morgan fingerprint density at radius 2 is 1.22 bits per heavy atom. The molecule has 4 aromatic rings. The van der Waals surface area contributed by atoms with Gasteiger partial charge >= 0.3 is 0 Å². The van der Waals surface area contributed by atoms with Crippen LogP contribution in [-0.4, -0.2) is 8.07 Å². The van der Waals surface area contributed by atoms with Crippen LogP contribution >= 0.6 is 27.5 Å². The van der Waals surface area contributed by atoms with Gasteiger partial charge in [-0.3, -0.25) is 0 Å². The van der Waals surface area contributed by atoms with E-state index in [1.54, 1.807) is 0 Å². The molecule has 5 rings (SSSR count). The van der Waals surface area contributed by atoms with Crippen LogP contribution in [0, 0.1) is 0 Å². The molecule has 0 fully saturated rings. The van der Waals surface area contributed by atoms with Gasteiger partial charge in [-0.05, 0) is 56.1 Å². The van der Waals surface area contributed by atoms with Crippen molar-refractivity contribution in [2.75, 3.05) is 0 Å². The molecule has 1 heterocycles. The minimum Gasteiger partial charge on any atom is -0.0843 e. The number of hydrogen-bond donors (Lipinski definition) is 0. The van der Waals surface area contributed by atoms with Crippen molar-refractivity contribution in [2.45, 2.75) is 0 Å². The first-order valence-corrected chi connectivity index (χ1v) is 12.1. The van der Waals surface area contributed by atoms with E-state index in [4.69, 9.17) is 11.6 Å². The summed E-state index contributed by atoms with van der Waals surface area (Å²) >= 11 is 10.2. The number of rotatable bonds is 2. The Morgan fingerprint density at radius 3 is 1.85 bits per heavy atom. The van der Waals surface area contributed by atoms with Crippen molar-refractivity contribution >= 4 is 56.4 Å². The van der Waals surface area contributed by atoms with E-state index in [1.807, 2.05) is 6.07 Å². The van der Waals surface area contributed by atoms with Crippen LogP contribution < -0.4 is 20.7 Å². The van der Waals surface area contributed by atoms with Crippen LogP contribution in [0.15, 0.2) is 102 Å². The maximum Gasteiger partial charge on any atom is 0.180 e. The molecular formula is C24H16BrClSi. The third kappa shape index (κ3) is 2.48. The summed E-state index contributed by atoms with van der Waals surface area (Å²) in [5, 5.41) is 6.38. The standard InChI is InChI=1S/C24H16BrClSi/c25-17-11-14-23-22(15-17)21-13-12-18(26)16-24(21)27(23,19-7-3-1-4-8-19)20-9-5-2-6-10-20/h1-16H. The summed E-state index contributed by atoms with van der Waals surface area (Å²) in [4.78, 5) is 0. The molecule has 1 aliphatic rings. The number of benzene rings is 4. The Hall–Kier alpha value is -2.13. The zero-order chi connectivity index (χ0) is 18.4. The molecule has 27 heavy (non-hydrogen) atoms. The van der Waals surface area contributed by atoms with Crippen molar-refractivity contribution in [3.63, 3.8) is 0 Å². The summed E-state index contributed by atoms with van der Waals surface area (Å²) < 4.78 is 1.10. The predicted octanol–water partition coefficient (Wildman–Crippen LogP) is 4.46. The van der Waals surface area contributed by atoms with Crippen LogP contribution in [0.4, 0.5) is 0 Å². The smallest absolute Gasteiger partial charge is 0.0843 e. The average Bonchev–Trinajstić information content (AvgIpc) is 2.99. The second-order valence-electron chi connectivity index (χ2n) is 6.86. The maximum absolute atomic E-state index is 6.51. The van der Waals surface area contributed by atoms with Gasteiger partial charge in [0.2, 0.25) is 0 Å². The van der Waals surface area contributed by atoms with Crippen molar-refractivity contribution in [1.82, 2.24) is 0 Å². The molecule has 0 bridgehead atoms. The van der Waals surface area contributed by atoms with Gasteiger partial charge in [-0.25, -0.2) is 0 Å². The minimum atomic E-state index is -2.39. The molecule has 0 spiro atoms. The topological polar surface area (TPSA) is 0 Å². The normalized spacial score (nSPS) is 13.9. The SMILES string of the molecule is Clc1ccc2c(c1)[Si](c1ccccc1)(c1ccccc1)c1ccc(Br)cc1-2. The fraction of sp³-hybridized carbons (Fsp3) is 0. The lowest BCUT2D eigenvalue weighted by Crippen LogP contribution is -2.72. The molecule has 0 unspecified atom stereocenters. The van der Waals surface area contributed by atoms with E-state index in [9.17, 15) is 0 Å². The fourth-order valence-corrected chi connectivity index (χ4v) is 10.3. The molecule has 130 valence electrons. The van der Waals surface area contributed by atoms with Gasteiger partial charge in [0.25, 0.3) is 0 Å². The summed E-state index contributed by atoms with van der Waals surface area (Å²) in [6, 6.07) is 35.0. The highest BCUT2D eigenvalue weighted by Gasteiger charge is 2.48. The molecule has 0 atom stereocenters. The van der Waals surface area contributed by atoms with Crippen LogP contribution in [0.5, 0.6) is 0 Å². The van der Waals surface area contributed by atoms with E-state index in [2.05, 4.69) is 107 Å². The molecule has 0 nitrogen and oxygen atoms in total. The second-order valence-corrected chi connectivity index (χ2v) is 11.9. The summed E-state index contributed by atoms with van der Waals surface area (Å²) in [6.45, 7) is 0. The zero-order valence-electron chi connectivity index (χ0n) is 14.5. The van der Waals surface area contributed by atoms with Crippen LogP contribution in [0.2, 0.25) is 5.02 Å². The highest BCUT2D eigenvalue weighted by Crippen LogP contribution is 2.31. The monoisotopic (exact) mass is 446 g/mol. The molecule has 3 heteroatoms. The Kier molecular flexibility index (Phi) is 4.08. The maximum atomic E-state index is 6.51. The Bertz CT molecular complexity index is 1100. The minimum absolute atomic E-state index is 0.796. The molecule has 1 aliphatic heterocycles. The van der Waals surface area contributed by atoms with Crippen molar-refractivity contribution in [3.05, 3.63) is 107 Å². The van der Waals surface area contributed by atoms with Gasteiger partial charge in [0.05, 0.1) is 0 Å². The highest BCUT2D eigenvalue weighted by atomic mass is 79.9. The first-order valence-electron chi connectivity index (χ1n) is 8.93. The van der Waals surface area contributed by atoms with Gasteiger partial charge in [-0.2, -0.15) is 0 Å². The van der Waals surface area contributed by atoms with Gasteiger partial charge in [-0.1, -0.05) is 100 Å². The zero-order valence-corrected chi connectivity index (χ0v) is 17.8. The first-order chi connectivity index (χ1) is 13.2. The summed E-state index contributed by atoms with van der Waals surface area (Å²) in [5.74, 6) is 0. The Labute approximate surface area is 173 Å². The van der Waals surface area contributed by atoms with Gasteiger partial charge in [0.1, 0.15) is 0 Å². The Balaban J connectivity index is 1.99. The summed E-state index contributed by atoms with van der Waals surface area (Å²) in [7, 11) is -2.39. The number of fused-ring (bicyclic) bond motifs is 3. The average molecular weight is 448 g/mol. The molecule has 0 aliphatic carbocycles. The van der Waals surface area contributed by atoms with E-state index < -0.39 is 8.07 Å². The Morgan fingerprint density at radius 1 is 0.593 bits per heavy atom. The lowest BCUT2D eigenvalue weighted by molar-refractivity contribution is 1.66. The van der Waals surface area contributed by atoms with Crippen molar-refractivity contribution in [3.8, 4) is 11.1 Å². The lowest BCUT2D eigenvalue weighted by atomic mass is 10.1. The molecule has 0 radical (unpaired) electrons. The molecule has 0 saturated heterocycles. The molecule has 0 N–H and O–H groups in total. The van der Waals surface area contributed by atoms with E-state index in [1.165, 1.54) is 31.9 Å². The van der Waals surface area contributed by atoms with Gasteiger partial charge in [0.15, 0.2) is 8.07 Å². The largest absolute Gasteiger partial charge is 0.180 e. The number of hydrogen-bond acceptors (Lipinski definition) is 0. The quantitative estimate of drug-likeness (QED) is 0.351. The van der Waals surface area contributed by atoms with E-state index >= 15 is 0 Å². The van der Waals surface area contributed by atoms with E-state index in [0.717, 1.165) is 9.50 Å².